The summed E-state index contributed by atoms with van der Waals surface area (Å²) >= 11 is 7.55. The third-order valence-electron chi connectivity index (χ3n) is 3.86. The summed E-state index contributed by atoms with van der Waals surface area (Å²) in [6, 6.07) is -0.224. The highest BCUT2D eigenvalue weighted by Gasteiger charge is 2.44. The second-order valence-corrected chi connectivity index (χ2v) is 7.17. The molecule has 33 heavy (non-hydrogen) atoms. The molecule has 0 saturated carbocycles. The number of hydrogen-bond donors (Lipinski definition) is 1. The van der Waals surface area contributed by atoms with Crippen LogP contribution in [0, 0.1) is 20.2 Å². The predicted octanol–water partition coefficient (Wildman–Crippen LogP) is 7.72. The summed E-state index contributed by atoms with van der Waals surface area (Å²) in [5, 5.41) is 21.8. The first kappa shape index (κ1) is 26.4. The number of rotatable bonds is 4. The maximum Gasteiger partial charge on any atom is 0.419 e. The van der Waals surface area contributed by atoms with Gasteiger partial charge in [0.1, 0.15) is 5.69 Å². The van der Waals surface area contributed by atoms with Crippen molar-refractivity contribution in [3.05, 3.63) is 64.6 Å². The van der Waals surface area contributed by atoms with Gasteiger partial charge < -0.3 is 5.32 Å². The molecule has 0 aromatic heterocycles. The van der Waals surface area contributed by atoms with Gasteiger partial charge in [0.2, 0.25) is 0 Å². The van der Waals surface area contributed by atoms with Crippen molar-refractivity contribution in [3.63, 3.8) is 0 Å². The molecule has 0 bridgehead atoms. The molecule has 2 aromatic rings. The molecule has 0 aliphatic carbocycles. The van der Waals surface area contributed by atoms with E-state index in [0.717, 1.165) is 0 Å². The van der Waals surface area contributed by atoms with Gasteiger partial charge in [0.05, 0.1) is 47.8 Å². The van der Waals surface area contributed by atoms with E-state index in [0.29, 0.717) is 0 Å². The van der Waals surface area contributed by atoms with Gasteiger partial charge in [-0.15, -0.1) is 0 Å². The third kappa shape index (κ3) is 5.40. The molecule has 0 atom stereocenters. The topological polar surface area (TPSA) is 98.3 Å². The summed E-state index contributed by atoms with van der Waals surface area (Å²) in [6.45, 7) is 0. The van der Waals surface area contributed by atoms with Crippen LogP contribution in [-0.4, -0.2) is 9.85 Å². The molecular weight excluding hydrogens is 573 g/mol. The lowest BCUT2D eigenvalue weighted by atomic mass is 10.1. The number of nitrogens with one attached hydrogen (secondary N) is 1. The van der Waals surface area contributed by atoms with Crippen molar-refractivity contribution >= 4 is 50.3 Å². The summed E-state index contributed by atoms with van der Waals surface area (Å²) in [4.78, 5) is 19.1. The number of nitro benzene ring substituents is 2. The monoisotopic (exact) mass is 575 g/mol. The van der Waals surface area contributed by atoms with Crippen LogP contribution in [-0.2, 0) is 18.5 Å². The van der Waals surface area contributed by atoms with Crippen LogP contribution in [0.4, 0.5) is 62.3 Å². The molecule has 0 saturated heterocycles. The van der Waals surface area contributed by atoms with Gasteiger partial charge >= 0.3 is 18.5 Å². The molecule has 0 heterocycles. The van der Waals surface area contributed by atoms with Crippen LogP contribution in [0.5, 0.6) is 0 Å². The minimum Gasteiger partial charge on any atom is -0.348 e. The Bertz CT molecular complexity index is 1150. The number of halogens is 11. The summed E-state index contributed by atoms with van der Waals surface area (Å²) in [6.07, 6.45) is -16.6. The largest absolute Gasteiger partial charge is 0.419 e. The molecule has 0 aliphatic heterocycles. The fourth-order valence-electron chi connectivity index (χ4n) is 2.53. The van der Waals surface area contributed by atoms with Gasteiger partial charge in [-0.05, 0) is 22.0 Å². The first-order valence-electron chi connectivity index (χ1n) is 7.74. The number of nitro groups is 2. The van der Waals surface area contributed by atoms with Gasteiger partial charge in [-0.1, -0.05) is 11.6 Å². The molecule has 0 unspecified atom stereocenters. The van der Waals surface area contributed by atoms with Crippen molar-refractivity contribution in [2.24, 2.45) is 0 Å². The molecule has 2 aromatic carbocycles. The number of anilines is 2. The molecule has 2 rings (SSSR count). The van der Waals surface area contributed by atoms with Gasteiger partial charge in [-0.3, -0.25) is 20.2 Å². The van der Waals surface area contributed by atoms with Crippen molar-refractivity contribution in [1.29, 1.82) is 0 Å². The van der Waals surface area contributed by atoms with Crippen molar-refractivity contribution in [3.8, 4) is 0 Å². The Hall–Kier alpha value is -2.82. The summed E-state index contributed by atoms with van der Waals surface area (Å²) in [5.41, 5.74) is -12.3. The van der Waals surface area contributed by atoms with E-state index in [9.17, 15) is 59.7 Å². The van der Waals surface area contributed by atoms with Crippen molar-refractivity contribution < 1.29 is 49.4 Å². The number of non-ortho nitro benzene ring substituents is 1. The molecule has 0 spiro atoms. The van der Waals surface area contributed by atoms with Crippen molar-refractivity contribution in [2.75, 3.05) is 5.32 Å². The molecular formula is C15H4BrClF9N3O4. The summed E-state index contributed by atoms with van der Waals surface area (Å²) < 4.78 is 119. The zero-order valence-electron chi connectivity index (χ0n) is 14.9. The van der Waals surface area contributed by atoms with E-state index in [1.807, 2.05) is 0 Å². The Balaban J connectivity index is 2.96. The Morgan fingerprint density at radius 2 is 1.33 bits per heavy atom. The maximum absolute atomic E-state index is 13.5. The van der Waals surface area contributed by atoms with E-state index >= 15 is 0 Å². The van der Waals surface area contributed by atoms with Crippen LogP contribution < -0.4 is 5.32 Å². The molecule has 0 radical (unpaired) electrons. The summed E-state index contributed by atoms with van der Waals surface area (Å²) in [7, 11) is 0. The van der Waals surface area contributed by atoms with E-state index in [1.165, 1.54) is 5.32 Å². The fraction of sp³-hybridized carbons (Fsp3) is 0.200. The number of nitrogens with zero attached hydrogens (tertiary/aromatic N) is 2. The highest BCUT2D eigenvalue weighted by molar-refractivity contribution is 9.10. The quantitative estimate of drug-likeness (QED) is 0.228. The van der Waals surface area contributed by atoms with Crippen LogP contribution in [0.25, 0.3) is 0 Å². The maximum atomic E-state index is 13.5. The van der Waals surface area contributed by atoms with E-state index < -0.39 is 77.3 Å². The average Bonchev–Trinajstić information content (AvgIpc) is 2.60. The Labute approximate surface area is 188 Å². The van der Waals surface area contributed by atoms with Crippen molar-refractivity contribution in [1.82, 2.24) is 0 Å². The van der Waals surface area contributed by atoms with E-state index in [2.05, 4.69) is 15.9 Å². The predicted molar refractivity (Wildman–Crippen MR) is 97.2 cm³/mol. The number of alkyl halides is 9. The van der Waals surface area contributed by atoms with Crippen LogP contribution in [0.2, 0.25) is 5.02 Å². The zero-order valence-corrected chi connectivity index (χ0v) is 17.3. The first-order valence-corrected chi connectivity index (χ1v) is 8.91. The minimum atomic E-state index is -5.54. The molecule has 0 amide bonds. The van der Waals surface area contributed by atoms with Gasteiger partial charge in [-0.2, -0.15) is 39.5 Å². The lowest BCUT2D eigenvalue weighted by molar-refractivity contribution is -0.394. The smallest absolute Gasteiger partial charge is 0.348 e. The molecule has 1 N–H and O–H groups in total. The zero-order chi connectivity index (χ0) is 25.7. The Morgan fingerprint density at radius 1 is 0.818 bits per heavy atom. The lowest BCUT2D eigenvalue weighted by Crippen LogP contribution is -2.16. The van der Waals surface area contributed by atoms with Crippen LogP contribution in [0.1, 0.15) is 16.7 Å². The highest BCUT2D eigenvalue weighted by atomic mass is 79.9. The van der Waals surface area contributed by atoms with Crippen LogP contribution >= 0.6 is 27.5 Å². The van der Waals surface area contributed by atoms with Gasteiger partial charge in [-0.25, -0.2) is 0 Å². The fourth-order valence-corrected chi connectivity index (χ4v) is 3.65. The molecule has 0 aliphatic rings. The van der Waals surface area contributed by atoms with Gasteiger partial charge in [0.15, 0.2) is 0 Å². The molecule has 180 valence electrons. The highest BCUT2D eigenvalue weighted by Crippen LogP contribution is 2.50. The Kier molecular flexibility index (Phi) is 6.82. The van der Waals surface area contributed by atoms with Gasteiger partial charge in [0, 0.05) is 6.07 Å². The second-order valence-electron chi connectivity index (χ2n) is 5.99. The van der Waals surface area contributed by atoms with Gasteiger partial charge in [0.25, 0.3) is 11.4 Å². The SMILES string of the molecule is O=[N+]([O-])c1cc([N+](=O)[O-])c(Nc2cc(C(F)(F)F)c(Cl)c(C(F)(F)F)c2Br)c(C(F)(F)F)c1. The van der Waals surface area contributed by atoms with E-state index in [1.54, 1.807) is 0 Å². The number of benzene rings is 2. The van der Waals surface area contributed by atoms with Crippen molar-refractivity contribution in [2.45, 2.75) is 18.5 Å². The van der Waals surface area contributed by atoms with E-state index in [4.69, 9.17) is 11.6 Å². The normalized spacial score (nSPS) is 12.6. The molecule has 18 heteroatoms. The second kappa shape index (κ2) is 8.51. The average molecular weight is 577 g/mol. The standard InChI is InChI=1S/C15H4BrClF9N3O4/c16-10-7(3-5(13(18,19)20)11(17)9(10)15(24,25)26)27-12-6(14(21,22)23)1-4(28(30)31)2-8(12)29(32)33/h1-3,27H. The molecule has 7 nitrogen and oxygen atoms in total. The molecule has 0 fully saturated rings. The summed E-state index contributed by atoms with van der Waals surface area (Å²) in [5.74, 6) is 0. The van der Waals surface area contributed by atoms with Crippen LogP contribution in [0.15, 0.2) is 22.7 Å². The minimum absolute atomic E-state index is 0.0523. The third-order valence-corrected chi connectivity index (χ3v) is 5.08. The lowest BCUT2D eigenvalue weighted by Gasteiger charge is -2.21. The van der Waals surface area contributed by atoms with E-state index in [-0.39, 0.29) is 18.2 Å². The Morgan fingerprint density at radius 3 is 1.73 bits per heavy atom. The first-order chi connectivity index (χ1) is 14.8. The number of hydrogen-bond acceptors (Lipinski definition) is 5. The van der Waals surface area contributed by atoms with Crippen LogP contribution in [0.3, 0.4) is 0 Å².